The number of nitrogens with zero attached hydrogens (tertiary/aromatic N) is 1. The quantitative estimate of drug-likeness (QED) is 0.778. The average molecular weight is 291 g/mol. The number of allylic oxidation sites excluding steroid dienone is 1. The van der Waals surface area contributed by atoms with Gasteiger partial charge in [0.15, 0.2) is 0 Å². The fourth-order valence-electron chi connectivity index (χ4n) is 4.55. The normalized spacial score (nSPS) is 24.0. The van der Waals surface area contributed by atoms with Gasteiger partial charge in [-0.3, -0.25) is 0 Å². The van der Waals surface area contributed by atoms with E-state index in [9.17, 15) is 0 Å². The molecule has 0 aromatic heterocycles. The molecule has 2 bridgehead atoms. The molecule has 1 heteroatoms. The monoisotopic (exact) mass is 291 g/mol. The maximum absolute atomic E-state index is 2.42. The molecule has 0 aliphatic heterocycles. The highest BCUT2D eigenvalue weighted by Crippen LogP contribution is 2.52. The van der Waals surface area contributed by atoms with E-state index in [0.717, 1.165) is 18.4 Å². The highest BCUT2D eigenvalue weighted by molar-refractivity contribution is 5.88. The molecule has 22 heavy (non-hydrogen) atoms. The summed E-state index contributed by atoms with van der Waals surface area (Å²) in [5.74, 6) is 1.65. The van der Waals surface area contributed by atoms with Gasteiger partial charge in [0, 0.05) is 6.54 Å². The average Bonchev–Trinajstić information content (AvgIpc) is 3.07. The van der Waals surface area contributed by atoms with Gasteiger partial charge in [0.05, 0.1) is 0 Å². The van der Waals surface area contributed by atoms with Gasteiger partial charge in [-0.1, -0.05) is 35.9 Å². The zero-order valence-electron chi connectivity index (χ0n) is 13.9. The Bertz CT molecular complexity index is 754. The van der Waals surface area contributed by atoms with Gasteiger partial charge in [-0.15, -0.1) is 0 Å². The van der Waals surface area contributed by atoms with Crippen LogP contribution in [-0.2, 0) is 0 Å². The summed E-state index contributed by atoms with van der Waals surface area (Å²) in [7, 11) is 4.39. The van der Waals surface area contributed by atoms with Crippen molar-refractivity contribution in [3.8, 4) is 0 Å². The van der Waals surface area contributed by atoms with Crippen LogP contribution in [0, 0.1) is 18.8 Å². The Hall–Kier alpha value is -1.60. The van der Waals surface area contributed by atoms with Crippen LogP contribution in [0.15, 0.2) is 42.0 Å². The first kappa shape index (κ1) is 14.0. The molecule has 2 aliphatic carbocycles. The van der Waals surface area contributed by atoms with Crippen LogP contribution < -0.4 is 0 Å². The standard InChI is InChI=1S/C21H25N/c1-14-4-5-16-11-18(8-6-15(16)10-14)21-19-9-7-17(12-19)20(21)13-22(2)3/h4-6,8,10-11,17,19H,7,9,12-13H2,1-3H3. The van der Waals surface area contributed by atoms with Crippen LogP contribution in [-0.4, -0.2) is 25.5 Å². The first-order chi connectivity index (χ1) is 10.6. The van der Waals surface area contributed by atoms with Crippen molar-refractivity contribution in [2.75, 3.05) is 20.6 Å². The molecule has 0 saturated heterocycles. The second-order valence-corrected chi connectivity index (χ2v) is 7.45. The van der Waals surface area contributed by atoms with Crippen molar-refractivity contribution in [2.45, 2.75) is 26.2 Å². The molecule has 2 aromatic rings. The molecule has 2 atom stereocenters. The fourth-order valence-corrected chi connectivity index (χ4v) is 4.55. The third-order valence-corrected chi connectivity index (χ3v) is 5.47. The summed E-state index contributed by atoms with van der Waals surface area (Å²) in [6.45, 7) is 3.30. The molecular weight excluding hydrogens is 266 g/mol. The van der Waals surface area contributed by atoms with Crippen molar-refractivity contribution < 1.29 is 0 Å². The maximum atomic E-state index is 2.42. The van der Waals surface area contributed by atoms with Crippen molar-refractivity contribution in [3.05, 3.63) is 53.1 Å². The van der Waals surface area contributed by atoms with Gasteiger partial charge in [0.2, 0.25) is 0 Å². The van der Waals surface area contributed by atoms with Crippen LogP contribution in [0.1, 0.15) is 30.4 Å². The van der Waals surface area contributed by atoms with Gasteiger partial charge in [0.25, 0.3) is 0 Å². The highest BCUT2D eigenvalue weighted by Gasteiger charge is 2.39. The molecule has 0 N–H and O–H groups in total. The van der Waals surface area contributed by atoms with E-state index in [1.54, 1.807) is 11.1 Å². The summed E-state index contributed by atoms with van der Waals surface area (Å²) in [5.41, 5.74) is 6.20. The van der Waals surface area contributed by atoms with Crippen molar-refractivity contribution in [2.24, 2.45) is 11.8 Å². The SMILES string of the molecule is Cc1ccc2cc(C3=C(CN(C)C)C4CCC3C4)ccc2c1. The van der Waals surface area contributed by atoms with Crippen LogP contribution in [0.4, 0.5) is 0 Å². The van der Waals surface area contributed by atoms with Crippen LogP contribution in [0.2, 0.25) is 0 Å². The van der Waals surface area contributed by atoms with E-state index in [1.165, 1.54) is 41.2 Å². The highest BCUT2D eigenvalue weighted by atomic mass is 15.1. The lowest BCUT2D eigenvalue weighted by molar-refractivity contribution is 0.423. The summed E-state index contributed by atoms with van der Waals surface area (Å²) in [6, 6.07) is 13.9. The first-order valence-electron chi connectivity index (χ1n) is 8.50. The number of fused-ring (bicyclic) bond motifs is 3. The smallest absolute Gasteiger partial charge is 0.0195 e. The van der Waals surface area contributed by atoms with Crippen molar-refractivity contribution in [1.29, 1.82) is 0 Å². The van der Waals surface area contributed by atoms with Gasteiger partial charge >= 0.3 is 0 Å². The largest absolute Gasteiger partial charge is 0.305 e. The predicted octanol–water partition coefficient (Wildman–Crippen LogP) is 4.89. The summed E-state index contributed by atoms with van der Waals surface area (Å²) in [4.78, 5) is 2.33. The van der Waals surface area contributed by atoms with Gasteiger partial charge in [-0.2, -0.15) is 0 Å². The minimum absolute atomic E-state index is 0.808. The van der Waals surface area contributed by atoms with Gasteiger partial charge in [0.1, 0.15) is 0 Å². The lowest BCUT2D eigenvalue weighted by atomic mass is 9.86. The molecule has 1 nitrogen and oxygen atoms in total. The second kappa shape index (κ2) is 5.24. The van der Waals surface area contributed by atoms with E-state index in [2.05, 4.69) is 62.3 Å². The molecule has 2 unspecified atom stereocenters. The van der Waals surface area contributed by atoms with Gasteiger partial charge in [-0.25, -0.2) is 0 Å². The van der Waals surface area contributed by atoms with Crippen molar-refractivity contribution in [3.63, 3.8) is 0 Å². The summed E-state index contributed by atoms with van der Waals surface area (Å²) >= 11 is 0. The van der Waals surface area contributed by atoms with E-state index >= 15 is 0 Å². The Morgan fingerprint density at radius 1 is 0.955 bits per heavy atom. The number of rotatable bonds is 3. The summed E-state index contributed by atoms with van der Waals surface area (Å²) in [5, 5.41) is 2.74. The molecule has 0 spiro atoms. The molecule has 2 aromatic carbocycles. The molecule has 2 aliphatic rings. The Morgan fingerprint density at radius 3 is 2.50 bits per heavy atom. The Morgan fingerprint density at radius 2 is 1.68 bits per heavy atom. The number of likely N-dealkylation sites (N-methyl/N-ethyl adjacent to an activating group) is 1. The van der Waals surface area contributed by atoms with Crippen LogP contribution in [0.5, 0.6) is 0 Å². The third kappa shape index (κ3) is 2.28. The lowest BCUT2D eigenvalue weighted by Crippen LogP contribution is -2.19. The number of aryl methyl sites for hydroxylation is 1. The lowest BCUT2D eigenvalue weighted by Gasteiger charge is -2.23. The van der Waals surface area contributed by atoms with Crippen molar-refractivity contribution >= 4 is 16.3 Å². The molecule has 1 saturated carbocycles. The van der Waals surface area contributed by atoms with Gasteiger partial charge in [-0.05, 0) is 85.7 Å². The Labute approximate surface area is 133 Å². The number of hydrogen-bond donors (Lipinski definition) is 0. The second-order valence-electron chi connectivity index (χ2n) is 7.45. The van der Waals surface area contributed by atoms with E-state index in [1.807, 2.05) is 0 Å². The van der Waals surface area contributed by atoms with Crippen LogP contribution in [0.3, 0.4) is 0 Å². The maximum Gasteiger partial charge on any atom is 0.0195 e. The minimum atomic E-state index is 0.808. The molecule has 0 amide bonds. The van der Waals surface area contributed by atoms with E-state index < -0.39 is 0 Å². The summed E-state index contributed by atoms with van der Waals surface area (Å²) in [6.07, 6.45) is 4.19. The van der Waals surface area contributed by atoms with E-state index in [4.69, 9.17) is 0 Å². The molecule has 0 radical (unpaired) electrons. The Balaban J connectivity index is 1.82. The minimum Gasteiger partial charge on any atom is -0.305 e. The molecular formula is C21H25N. The summed E-state index contributed by atoms with van der Waals surface area (Å²) < 4.78 is 0. The predicted molar refractivity (Wildman–Crippen MR) is 95.0 cm³/mol. The van der Waals surface area contributed by atoms with Crippen LogP contribution in [0.25, 0.3) is 16.3 Å². The van der Waals surface area contributed by atoms with Crippen molar-refractivity contribution in [1.82, 2.24) is 4.90 Å². The molecule has 4 rings (SSSR count). The first-order valence-corrected chi connectivity index (χ1v) is 8.50. The zero-order valence-corrected chi connectivity index (χ0v) is 13.9. The van der Waals surface area contributed by atoms with E-state index in [-0.39, 0.29) is 0 Å². The molecule has 1 fully saturated rings. The Kier molecular flexibility index (Phi) is 3.34. The topological polar surface area (TPSA) is 3.24 Å². The van der Waals surface area contributed by atoms with E-state index in [0.29, 0.717) is 0 Å². The third-order valence-electron chi connectivity index (χ3n) is 5.47. The molecule has 0 heterocycles. The number of hydrogen-bond acceptors (Lipinski definition) is 1. The zero-order chi connectivity index (χ0) is 15.3. The molecule has 114 valence electrons. The van der Waals surface area contributed by atoms with Crippen LogP contribution >= 0.6 is 0 Å². The fraction of sp³-hybridized carbons (Fsp3) is 0.429. The van der Waals surface area contributed by atoms with Gasteiger partial charge < -0.3 is 4.90 Å². The number of benzene rings is 2.